The highest BCUT2D eigenvalue weighted by Gasteiger charge is 2.36. The topological polar surface area (TPSA) is 71.4 Å². The fourth-order valence-electron chi connectivity index (χ4n) is 2.17. The lowest BCUT2D eigenvalue weighted by atomic mass is 9.80. The number of fused-ring (bicyclic) bond motifs is 1. The molecule has 0 bridgehead atoms. The molecule has 5 heteroatoms. The zero-order chi connectivity index (χ0) is 13.7. The van der Waals surface area contributed by atoms with Gasteiger partial charge < -0.3 is 5.11 Å². The van der Waals surface area contributed by atoms with Crippen LogP contribution >= 0.6 is 0 Å². The van der Waals surface area contributed by atoms with E-state index >= 15 is 0 Å². The number of aliphatic carboxylic acids is 1. The lowest BCUT2D eigenvalue weighted by Crippen LogP contribution is -2.29. The largest absolute Gasteiger partial charge is 0.481 e. The molecule has 1 N–H and O–H groups in total. The molecule has 0 amide bonds. The lowest BCUT2D eigenvalue weighted by Gasteiger charge is -2.23. The van der Waals surface area contributed by atoms with Crippen LogP contribution in [0, 0.1) is 0 Å². The Morgan fingerprint density at radius 2 is 1.89 bits per heavy atom. The molecule has 1 aliphatic rings. The smallest absolute Gasteiger partial charge is 0.313 e. The fraction of sp³-hybridized carbons (Fsp3) is 0.308. The van der Waals surface area contributed by atoms with Gasteiger partial charge in [0.25, 0.3) is 0 Å². The molecule has 0 fully saturated rings. The highest BCUT2D eigenvalue weighted by atomic mass is 32.2. The molecule has 0 atom stereocenters. The van der Waals surface area contributed by atoms with Crippen LogP contribution in [0.1, 0.15) is 31.9 Å². The number of rotatable bonds is 2. The number of carboxylic acids is 1. The summed E-state index contributed by atoms with van der Waals surface area (Å²) in [6.45, 7) is 4.83. The third-order valence-electron chi connectivity index (χ3n) is 3.27. The number of sulfone groups is 1. The van der Waals surface area contributed by atoms with Gasteiger partial charge in [0.1, 0.15) is 0 Å². The van der Waals surface area contributed by atoms with E-state index in [1.165, 1.54) is 11.5 Å². The van der Waals surface area contributed by atoms with Crippen molar-refractivity contribution in [3.8, 4) is 0 Å². The molecule has 0 spiro atoms. The van der Waals surface area contributed by atoms with Crippen molar-refractivity contribution < 1.29 is 18.3 Å². The molecule has 0 saturated carbocycles. The van der Waals surface area contributed by atoms with Gasteiger partial charge in [0.15, 0.2) is 0 Å². The van der Waals surface area contributed by atoms with Crippen LogP contribution in [0.4, 0.5) is 0 Å². The third kappa shape index (κ3) is 1.66. The van der Waals surface area contributed by atoms with Crippen LogP contribution < -0.4 is 0 Å². The summed E-state index contributed by atoms with van der Waals surface area (Å²) in [5.41, 5.74) is 0.530. The van der Waals surface area contributed by atoms with Crippen LogP contribution in [0.2, 0.25) is 0 Å². The van der Waals surface area contributed by atoms with E-state index in [-0.39, 0.29) is 4.90 Å². The Hall–Kier alpha value is -1.62. The summed E-state index contributed by atoms with van der Waals surface area (Å²) in [7, 11) is -3.42. The number of benzene rings is 1. The maximum atomic E-state index is 11.9. The molecular weight excluding hydrogens is 252 g/mol. The van der Waals surface area contributed by atoms with Crippen LogP contribution in [-0.4, -0.2) is 19.5 Å². The van der Waals surface area contributed by atoms with Crippen molar-refractivity contribution in [1.29, 1.82) is 0 Å². The number of hydrogen-bond acceptors (Lipinski definition) is 3. The molecule has 96 valence electrons. The second-order valence-corrected chi connectivity index (χ2v) is 6.72. The lowest BCUT2D eigenvalue weighted by molar-refractivity contribution is -0.142. The van der Waals surface area contributed by atoms with Gasteiger partial charge in [-0.1, -0.05) is 12.1 Å². The van der Waals surface area contributed by atoms with Gasteiger partial charge >= 0.3 is 5.97 Å². The monoisotopic (exact) mass is 266 g/mol. The second-order valence-electron chi connectivity index (χ2n) is 4.95. The van der Waals surface area contributed by atoms with E-state index in [1.807, 2.05) is 0 Å². The number of hydrogen-bond donors (Lipinski definition) is 1. The van der Waals surface area contributed by atoms with Crippen molar-refractivity contribution >= 4 is 21.4 Å². The molecule has 0 radical (unpaired) electrons. The molecule has 4 nitrogen and oxygen atoms in total. The Bertz CT molecular complexity index is 666. The first kappa shape index (κ1) is 12.8. The third-order valence-corrected chi connectivity index (χ3v) is 4.88. The average molecular weight is 266 g/mol. The summed E-state index contributed by atoms with van der Waals surface area (Å²) in [6, 6.07) is 4.77. The fourth-order valence-corrected chi connectivity index (χ4v) is 3.70. The van der Waals surface area contributed by atoms with Crippen LogP contribution in [0.5, 0.6) is 0 Å². The van der Waals surface area contributed by atoms with Crippen LogP contribution in [0.25, 0.3) is 5.57 Å². The van der Waals surface area contributed by atoms with Gasteiger partial charge in [0.2, 0.25) is 9.84 Å². The molecule has 1 aromatic rings. The SMILES string of the molecule is CC1=CS(=O)(=O)c2cccc(C(C)(C)C(=O)O)c21. The summed E-state index contributed by atoms with van der Waals surface area (Å²) in [5.74, 6) is -0.979. The zero-order valence-corrected chi connectivity index (χ0v) is 11.2. The number of allylic oxidation sites excluding steroid dienone is 1. The van der Waals surface area contributed by atoms with Crippen molar-refractivity contribution in [2.24, 2.45) is 0 Å². The standard InChI is InChI=1S/C13H14O4S/c1-8-7-18(16,17)10-6-4-5-9(11(8)10)13(2,3)12(14)15/h4-7H,1-3H3,(H,14,15). The maximum Gasteiger partial charge on any atom is 0.313 e. The maximum absolute atomic E-state index is 11.9. The summed E-state index contributed by atoms with van der Waals surface area (Å²) in [5, 5.41) is 10.5. The van der Waals surface area contributed by atoms with Gasteiger partial charge in [-0.25, -0.2) is 8.42 Å². The van der Waals surface area contributed by atoms with Gasteiger partial charge in [0.05, 0.1) is 10.3 Å². The molecule has 1 aliphatic heterocycles. The zero-order valence-electron chi connectivity index (χ0n) is 10.4. The minimum Gasteiger partial charge on any atom is -0.481 e. The molecule has 2 rings (SSSR count). The van der Waals surface area contributed by atoms with E-state index in [9.17, 15) is 18.3 Å². The van der Waals surface area contributed by atoms with Crippen LogP contribution in [-0.2, 0) is 20.0 Å². The molecule has 0 aromatic heterocycles. The van der Waals surface area contributed by atoms with Crippen molar-refractivity contribution in [2.45, 2.75) is 31.1 Å². The van der Waals surface area contributed by atoms with Crippen molar-refractivity contribution in [3.63, 3.8) is 0 Å². The van der Waals surface area contributed by atoms with Gasteiger partial charge in [-0.3, -0.25) is 4.79 Å². The Kier molecular flexibility index (Phi) is 2.63. The van der Waals surface area contributed by atoms with Crippen molar-refractivity contribution in [2.75, 3.05) is 0 Å². The molecule has 1 heterocycles. The minimum atomic E-state index is -3.42. The molecule has 0 unspecified atom stereocenters. The highest BCUT2D eigenvalue weighted by Crippen LogP contribution is 2.40. The Morgan fingerprint density at radius 1 is 1.28 bits per heavy atom. The Morgan fingerprint density at radius 3 is 2.44 bits per heavy atom. The minimum absolute atomic E-state index is 0.201. The summed E-state index contributed by atoms with van der Waals surface area (Å²) in [4.78, 5) is 11.5. The number of carbonyl (C=O) groups is 1. The van der Waals surface area contributed by atoms with E-state index < -0.39 is 21.2 Å². The first-order chi connectivity index (χ1) is 8.18. The van der Waals surface area contributed by atoms with E-state index in [1.54, 1.807) is 32.9 Å². The Labute approximate surface area is 106 Å². The Balaban J connectivity index is 2.81. The molecule has 0 aliphatic carbocycles. The predicted octanol–water partition coefficient (Wildman–Crippen LogP) is 2.20. The highest BCUT2D eigenvalue weighted by molar-refractivity contribution is 7.95. The van der Waals surface area contributed by atoms with Crippen molar-refractivity contribution in [3.05, 3.63) is 34.7 Å². The van der Waals surface area contributed by atoms with Gasteiger partial charge in [-0.2, -0.15) is 0 Å². The summed E-state index contributed by atoms with van der Waals surface area (Å²) in [6.07, 6.45) is 0. The molecule has 0 saturated heterocycles. The number of carboxylic acid groups (broad SMARTS) is 1. The first-order valence-corrected chi connectivity index (χ1v) is 7.03. The molecular formula is C13H14O4S. The van der Waals surface area contributed by atoms with Gasteiger partial charge in [-0.05, 0) is 38.0 Å². The summed E-state index contributed by atoms with van der Waals surface area (Å²) >= 11 is 0. The van der Waals surface area contributed by atoms with Crippen molar-refractivity contribution in [1.82, 2.24) is 0 Å². The summed E-state index contributed by atoms with van der Waals surface area (Å²) < 4.78 is 23.8. The predicted molar refractivity (Wildman–Crippen MR) is 67.9 cm³/mol. The van der Waals surface area contributed by atoms with E-state index in [0.717, 1.165) is 0 Å². The van der Waals surface area contributed by atoms with E-state index in [0.29, 0.717) is 16.7 Å². The quantitative estimate of drug-likeness (QED) is 0.890. The first-order valence-electron chi connectivity index (χ1n) is 5.48. The molecule has 18 heavy (non-hydrogen) atoms. The van der Waals surface area contributed by atoms with Crippen LogP contribution in [0.15, 0.2) is 28.5 Å². The van der Waals surface area contributed by atoms with Gasteiger partial charge in [-0.15, -0.1) is 0 Å². The van der Waals surface area contributed by atoms with Crippen LogP contribution in [0.3, 0.4) is 0 Å². The van der Waals surface area contributed by atoms with E-state index in [2.05, 4.69) is 0 Å². The normalized spacial score (nSPS) is 17.2. The van der Waals surface area contributed by atoms with Gasteiger partial charge in [0, 0.05) is 11.0 Å². The second kappa shape index (κ2) is 3.68. The average Bonchev–Trinajstić information content (AvgIpc) is 2.49. The molecule has 1 aromatic carbocycles. The van der Waals surface area contributed by atoms with E-state index in [4.69, 9.17) is 0 Å².